The predicted octanol–water partition coefficient (Wildman–Crippen LogP) is 2.85. The number of halogens is 1. The third-order valence-corrected chi connectivity index (χ3v) is 4.34. The van der Waals surface area contributed by atoms with Crippen molar-refractivity contribution in [1.29, 1.82) is 0 Å². The van der Waals surface area contributed by atoms with E-state index in [9.17, 15) is 0 Å². The molecule has 1 aromatic carbocycles. The van der Waals surface area contributed by atoms with Gasteiger partial charge in [-0.1, -0.05) is 12.1 Å². The monoisotopic (exact) mass is 460 g/mol. The summed E-state index contributed by atoms with van der Waals surface area (Å²) in [5.74, 6) is 1.75. The number of benzene rings is 1. The molecule has 1 saturated carbocycles. The Hall–Kier alpha value is -1.02. The largest absolute Gasteiger partial charge is 0.379 e. The molecule has 1 N–H and O–H groups in total. The van der Waals surface area contributed by atoms with Crippen LogP contribution in [0.25, 0.3) is 0 Å². The number of anilines is 1. The van der Waals surface area contributed by atoms with Crippen molar-refractivity contribution in [3.05, 3.63) is 29.8 Å². The van der Waals surface area contributed by atoms with Crippen molar-refractivity contribution in [2.24, 2.45) is 10.9 Å². The molecule has 0 bridgehead atoms. The fourth-order valence-electron chi connectivity index (χ4n) is 2.51. The Kier molecular flexibility index (Phi) is 10.2. The van der Waals surface area contributed by atoms with Gasteiger partial charge in [0.2, 0.25) is 0 Å². The summed E-state index contributed by atoms with van der Waals surface area (Å²) in [5, 5.41) is 3.43. The molecule has 0 aromatic heterocycles. The second kappa shape index (κ2) is 11.6. The highest BCUT2D eigenvalue weighted by Gasteiger charge is 2.21. The van der Waals surface area contributed by atoms with Gasteiger partial charge in [-0.3, -0.25) is 4.99 Å². The second-order valence-electron chi connectivity index (χ2n) is 6.72. The highest BCUT2D eigenvalue weighted by atomic mass is 127. The third kappa shape index (κ3) is 8.27. The molecule has 142 valence electrons. The molecular weight excluding hydrogens is 427 g/mol. The van der Waals surface area contributed by atoms with Gasteiger partial charge in [-0.15, -0.1) is 24.0 Å². The molecule has 5 nitrogen and oxygen atoms in total. The average Bonchev–Trinajstić information content (AvgIpc) is 3.40. The minimum atomic E-state index is 0. The van der Waals surface area contributed by atoms with E-state index in [0.717, 1.165) is 44.6 Å². The lowest BCUT2D eigenvalue weighted by Gasteiger charge is -2.22. The van der Waals surface area contributed by atoms with Crippen molar-refractivity contribution in [3.8, 4) is 0 Å². The summed E-state index contributed by atoms with van der Waals surface area (Å²) < 4.78 is 5.70. The van der Waals surface area contributed by atoms with Crippen molar-refractivity contribution in [3.63, 3.8) is 0 Å². The van der Waals surface area contributed by atoms with Crippen LogP contribution in [0.2, 0.25) is 0 Å². The number of guanidine groups is 1. The molecule has 0 saturated heterocycles. The highest BCUT2D eigenvalue weighted by Crippen LogP contribution is 2.28. The van der Waals surface area contributed by atoms with Crippen molar-refractivity contribution in [2.45, 2.75) is 19.3 Å². The van der Waals surface area contributed by atoms with Crippen LogP contribution in [-0.4, -0.2) is 65.4 Å². The van der Waals surface area contributed by atoms with Crippen LogP contribution in [0.3, 0.4) is 0 Å². The van der Waals surface area contributed by atoms with Gasteiger partial charge in [-0.05, 0) is 42.9 Å². The van der Waals surface area contributed by atoms with Gasteiger partial charge in [-0.2, -0.15) is 0 Å². The van der Waals surface area contributed by atoms with E-state index >= 15 is 0 Å². The topological polar surface area (TPSA) is 40.1 Å². The van der Waals surface area contributed by atoms with Crippen molar-refractivity contribution in [1.82, 2.24) is 10.2 Å². The summed E-state index contributed by atoms with van der Waals surface area (Å²) in [4.78, 5) is 8.59. The molecule has 0 aliphatic heterocycles. The van der Waals surface area contributed by atoms with E-state index < -0.39 is 0 Å². The lowest BCUT2D eigenvalue weighted by molar-refractivity contribution is 0.115. The first-order valence-electron chi connectivity index (χ1n) is 8.86. The summed E-state index contributed by atoms with van der Waals surface area (Å²) in [6.45, 7) is 3.42. The van der Waals surface area contributed by atoms with Crippen LogP contribution < -0.4 is 10.2 Å². The maximum atomic E-state index is 5.70. The number of nitrogens with zero attached hydrogens (tertiary/aromatic N) is 3. The molecule has 1 aliphatic rings. The van der Waals surface area contributed by atoms with E-state index in [1.807, 2.05) is 7.05 Å². The standard InChI is InChI=1S/C19H32N4O.HI/c1-20-19(23(4)13-14-24-15-17-5-6-17)21-12-11-16-7-9-18(10-8-16)22(2)3;/h7-10,17H,5-6,11-15H2,1-4H3,(H,20,21);1H. The maximum absolute atomic E-state index is 5.70. The summed E-state index contributed by atoms with van der Waals surface area (Å²) in [7, 11) is 8.01. The molecule has 0 amide bonds. The number of rotatable bonds is 9. The first-order valence-corrected chi connectivity index (χ1v) is 8.86. The van der Waals surface area contributed by atoms with Crippen LogP contribution in [0.15, 0.2) is 29.3 Å². The number of hydrogen-bond acceptors (Lipinski definition) is 3. The fourth-order valence-corrected chi connectivity index (χ4v) is 2.51. The van der Waals surface area contributed by atoms with Crippen LogP contribution in [-0.2, 0) is 11.2 Å². The fraction of sp³-hybridized carbons (Fsp3) is 0.632. The predicted molar refractivity (Wildman–Crippen MR) is 117 cm³/mol. The van der Waals surface area contributed by atoms with Crippen LogP contribution in [0, 0.1) is 5.92 Å². The summed E-state index contributed by atoms with van der Waals surface area (Å²) in [5.41, 5.74) is 2.56. The Labute approximate surface area is 169 Å². The maximum Gasteiger partial charge on any atom is 0.193 e. The molecule has 0 atom stereocenters. The molecule has 0 spiro atoms. The van der Waals surface area contributed by atoms with E-state index in [1.54, 1.807) is 0 Å². The SMILES string of the molecule is CN=C(NCCc1ccc(N(C)C)cc1)N(C)CCOCC1CC1.I. The van der Waals surface area contributed by atoms with Gasteiger partial charge in [0.05, 0.1) is 6.61 Å². The Morgan fingerprint density at radius 3 is 2.44 bits per heavy atom. The minimum Gasteiger partial charge on any atom is -0.379 e. The molecule has 1 aliphatic carbocycles. The molecule has 0 radical (unpaired) electrons. The van der Waals surface area contributed by atoms with E-state index in [4.69, 9.17) is 4.74 Å². The zero-order valence-electron chi connectivity index (χ0n) is 16.0. The zero-order chi connectivity index (χ0) is 17.4. The number of ether oxygens (including phenoxy) is 1. The van der Waals surface area contributed by atoms with Gasteiger partial charge < -0.3 is 19.9 Å². The Morgan fingerprint density at radius 1 is 1.20 bits per heavy atom. The molecule has 1 fully saturated rings. The van der Waals surface area contributed by atoms with E-state index in [-0.39, 0.29) is 24.0 Å². The van der Waals surface area contributed by atoms with Gasteiger partial charge >= 0.3 is 0 Å². The van der Waals surface area contributed by atoms with Crippen molar-refractivity contribution in [2.75, 3.05) is 59.4 Å². The minimum absolute atomic E-state index is 0. The van der Waals surface area contributed by atoms with Gasteiger partial charge in [0.1, 0.15) is 0 Å². The molecular formula is C19H33IN4O. The van der Waals surface area contributed by atoms with Crippen molar-refractivity contribution >= 4 is 35.6 Å². The molecule has 0 heterocycles. The number of aliphatic imine (C=N–C) groups is 1. The van der Waals surface area contributed by atoms with Crippen LogP contribution in [0.4, 0.5) is 5.69 Å². The first-order chi connectivity index (χ1) is 11.6. The lowest BCUT2D eigenvalue weighted by Crippen LogP contribution is -2.41. The first kappa shape index (κ1) is 22.0. The Morgan fingerprint density at radius 2 is 1.88 bits per heavy atom. The molecule has 25 heavy (non-hydrogen) atoms. The second-order valence-corrected chi connectivity index (χ2v) is 6.72. The summed E-state index contributed by atoms with van der Waals surface area (Å²) >= 11 is 0. The highest BCUT2D eigenvalue weighted by molar-refractivity contribution is 14.0. The van der Waals surface area contributed by atoms with Gasteiger partial charge in [-0.25, -0.2) is 0 Å². The van der Waals surface area contributed by atoms with Gasteiger partial charge in [0.25, 0.3) is 0 Å². The number of nitrogens with one attached hydrogen (secondary N) is 1. The third-order valence-electron chi connectivity index (χ3n) is 4.34. The molecule has 1 aromatic rings. The average molecular weight is 460 g/mol. The van der Waals surface area contributed by atoms with Crippen LogP contribution in [0.5, 0.6) is 0 Å². The zero-order valence-corrected chi connectivity index (χ0v) is 18.3. The van der Waals surface area contributed by atoms with Crippen molar-refractivity contribution < 1.29 is 4.74 Å². The number of hydrogen-bond donors (Lipinski definition) is 1. The summed E-state index contributed by atoms with van der Waals surface area (Å²) in [6, 6.07) is 8.70. The van der Waals surface area contributed by atoms with E-state index in [1.165, 1.54) is 24.1 Å². The van der Waals surface area contributed by atoms with Gasteiger partial charge in [0, 0.05) is 53.6 Å². The van der Waals surface area contributed by atoms with E-state index in [2.05, 4.69) is 65.5 Å². The summed E-state index contributed by atoms with van der Waals surface area (Å²) in [6.07, 6.45) is 3.67. The quantitative estimate of drug-likeness (QED) is 0.266. The molecule has 0 unspecified atom stereocenters. The molecule has 6 heteroatoms. The Bertz CT molecular complexity index is 515. The van der Waals surface area contributed by atoms with Crippen LogP contribution in [0.1, 0.15) is 18.4 Å². The Balaban J connectivity index is 0.00000312. The normalized spacial score (nSPS) is 14.0. The van der Waals surface area contributed by atoms with E-state index in [0.29, 0.717) is 0 Å². The number of likely N-dealkylation sites (N-methyl/N-ethyl adjacent to an activating group) is 1. The van der Waals surface area contributed by atoms with Crippen LogP contribution >= 0.6 is 24.0 Å². The molecule has 2 rings (SSSR count). The smallest absolute Gasteiger partial charge is 0.193 e. The lowest BCUT2D eigenvalue weighted by atomic mass is 10.1. The van der Waals surface area contributed by atoms with Gasteiger partial charge in [0.15, 0.2) is 5.96 Å².